The molecule has 3 aromatic rings. The van der Waals surface area contributed by atoms with Crippen LogP contribution in [0.3, 0.4) is 0 Å². The van der Waals surface area contributed by atoms with Crippen LogP contribution in [0.25, 0.3) is 28.2 Å². The third-order valence-corrected chi connectivity index (χ3v) is 3.20. The van der Waals surface area contributed by atoms with E-state index in [1.54, 1.807) is 12.3 Å². The van der Waals surface area contributed by atoms with Crippen LogP contribution in [-0.4, -0.2) is 16.3 Å². The molecule has 2 aromatic heterocycles. The molecule has 3 nitrogen and oxygen atoms in total. The molecule has 0 aliphatic heterocycles. The Morgan fingerprint density at radius 2 is 2.05 bits per heavy atom. The van der Waals surface area contributed by atoms with Crippen molar-refractivity contribution in [3.8, 4) is 11.1 Å². The number of H-pyrrole nitrogens is 1. The van der Waals surface area contributed by atoms with Crippen molar-refractivity contribution in [2.45, 2.75) is 0 Å². The van der Waals surface area contributed by atoms with Gasteiger partial charge in [0.1, 0.15) is 5.65 Å². The highest BCUT2D eigenvalue weighted by Gasteiger charge is 2.07. The number of carbonyl (C=O) groups excluding carboxylic acids is 1. The van der Waals surface area contributed by atoms with Gasteiger partial charge in [-0.2, -0.15) is 0 Å². The van der Waals surface area contributed by atoms with Crippen molar-refractivity contribution in [1.82, 2.24) is 9.97 Å². The molecule has 2 heterocycles. The lowest BCUT2D eigenvalue weighted by Crippen LogP contribution is -1.88. The fourth-order valence-electron chi connectivity index (χ4n) is 2.24. The summed E-state index contributed by atoms with van der Waals surface area (Å²) in [5.74, 6) is 0. The molecule has 0 atom stereocenters. The maximum atomic E-state index is 10.9. The Morgan fingerprint density at radius 1 is 1.16 bits per heavy atom. The molecule has 0 amide bonds. The van der Waals surface area contributed by atoms with Gasteiger partial charge in [0.2, 0.25) is 0 Å². The Hall–Kier alpha value is -2.68. The van der Waals surface area contributed by atoms with Gasteiger partial charge < -0.3 is 4.98 Å². The highest BCUT2D eigenvalue weighted by Crippen LogP contribution is 2.28. The standard InChI is InChI=1S/C16H12N2O/c1-2-11-9-12(3-4-13(11)10-19)14-5-7-17-16-15(14)6-8-18-16/h2-10H,1H2,(H,17,18). The second kappa shape index (κ2) is 4.53. The molecular weight excluding hydrogens is 236 g/mol. The summed E-state index contributed by atoms with van der Waals surface area (Å²) in [5.41, 5.74) is 4.49. The van der Waals surface area contributed by atoms with E-state index in [1.807, 2.05) is 36.5 Å². The number of aromatic amines is 1. The van der Waals surface area contributed by atoms with E-state index in [2.05, 4.69) is 16.5 Å². The Bertz CT molecular complexity index is 771. The van der Waals surface area contributed by atoms with Gasteiger partial charge in [-0.3, -0.25) is 4.79 Å². The fourth-order valence-corrected chi connectivity index (χ4v) is 2.24. The van der Waals surface area contributed by atoms with Crippen molar-refractivity contribution < 1.29 is 4.79 Å². The predicted octanol–water partition coefficient (Wildman–Crippen LogP) is 3.69. The molecule has 1 N–H and O–H groups in total. The highest BCUT2D eigenvalue weighted by molar-refractivity contribution is 5.94. The van der Waals surface area contributed by atoms with Gasteiger partial charge in [-0.15, -0.1) is 0 Å². The molecule has 19 heavy (non-hydrogen) atoms. The smallest absolute Gasteiger partial charge is 0.150 e. The van der Waals surface area contributed by atoms with Gasteiger partial charge in [-0.25, -0.2) is 4.98 Å². The number of aromatic nitrogens is 2. The van der Waals surface area contributed by atoms with E-state index in [4.69, 9.17) is 0 Å². The summed E-state index contributed by atoms with van der Waals surface area (Å²) in [7, 11) is 0. The fraction of sp³-hybridized carbons (Fsp3) is 0. The quantitative estimate of drug-likeness (QED) is 0.718. The van der Waals surface area contributed by atoms with E-state index >= 15 is 0 Å². The largest absolute Gasteiger partial charge is 0.346 e. The number of hydrogen-bond acceptors (Lipinski definition) is 2. The zero-order valence-electron chi connectivity index (χ0n) is 10.3. The molecule has 0 radical (unpaired) electrons. The van der Waals surface area contributed by atoms with Gasteiger partial charge in [0.15, 0.2) is 6.29 Å². The van der Waals surface area contributed by atoms with Crippen molar-refractivity contribution in [2.75, 3.05) is 0 Å². The van der Waals surface area contributed by atoms with Gasteiger partial charge in [-0.1, -0.05) is 24.8 Å². The summed E-state index contributed by atoms with van der Waals surface area (Å²) >= 11 is 0. The maximum Gasteiger partial charge on any atom is 0.150 e. The first kappa shape index (κ1) is 11.4. The first-order valence-corrected chi connectivity index (χ1v) is 5.97. The third kappa shape index (κ3) is 1.85. The van der Waals surface area contributed by atoms with Gasteiger partial charge >= 0.3 is 0 Å². The molecule has 3 heteroatoms. The molecule has 0 fully saturated rings. The minimum absolute atomic E-state index is 0.651. The van der Waals surface area contributed by atoms with Crippen LogP contribution in [0.15, 0.2) is 49.3 Å². The zero-order valence-corrected chi connectivity index (χ0v) is 10.3. The summed E-state index contributed by atoms with van der Waals surface area (Å²) in [5, 5.41) is 1.07. The molecule has 0 aliphatic rings. The van der Waals surface area contributed by atoms with Crippen LogP contribution in [0.1, 0.15) is 15.9 Å². The highest BCUT2D eigenvalue weighted by atomic mass is 16.1. The minimum Gasteiger partial charge on any atom is -0.346 e. The third-order valence-electron chi connectivity index (χ3n) is 3.20. The van der Waals surface area contributed by atoms with Crippen LogP contribution in [0.2, 0.25) is 0 Å². The molecule has 0 saturated carbocycles. The number of rotatable bonds is 3. The first-order chi connectivity index (χ1) is 9.33. The Balaban J connectivity index is 2.24. The molecule has 0 unspecified atom stereocenters. The van der Waals surface area contributed by atoms with Gasteiger partial charge in [0.25, 0.3) is 0 Å². The summed E-state index contributed by atoms with van der Waals surface area (Å²) in [6.07, 6.45) is 6.19. The Kier molecular flexibility index (Phi) is 2.72. The van der Waals surface area contributed by atoms with Gasteiger partial charge in [0.05, 0.1) is 0 Å². The van der Waals surface area contributed by atoms with E-state index in [0.29, 0.717) is 5.56 Å². The summed E-state index contributed by atoms with van der Waals surface area (Å²) < 4.78 is 0. The van der Waals surface area contributed by atoms with Gasteiger partial charge in [0, 0.05) is 23.3 Å². The molecule has 0 spiro atoms. The number of hydrogen-bond donors (Lipinski definition) is 1. The van der Waals surface area contributed by atoms with Crippen molar-refractivity contribution in [3.63, 3.8) is 0 Å². The number of aldehydes is 1. The van der Waals surface area contributed by atoms with E-state index in [9.17, 15) is 4.79 Å². The number of nitrogens with zero attached hydrogens (tertiary/aromatic N) is 1. The summed E-state index contributed by atoms with van der Waals surface area (Å²) in [6, 6.07) is 9.70. The van der Waals surface area contributed by atoms with E-state index in [1.165, 1.54) is 0 Å². The van der Waals surface area contributed by atoms with E-state index in [-0.39, 0.29) is 0 Å². The molecule has 0 aliphatic carbocycles. The number of benzene rings is 1. The number of nitrogens with one attached hydrogen (secondary N) is 1. The number of fused-ring (bicyclic) bond motifs is 1. The Morgan fingerprint density at radius 3 is 2.84 bits per heavy atom. The van der Waals surface area contributed by atoms with Crippen LogP contribution in [-0.2, 0) is 0 Å². The number of carbonyl (C=O) groups is 1. The van der Waals surface area contributed by atoms with Crippen LogP contribution < -0.4 is 0 Å². The monoisotopic (exact) mass is 248 g/mol. The zero-order chi connectivity index (χ0) is 13.2. The maximum absolute atomic E-state index is 10.9. The van der Waals surface area contributed by atoms with Crippen LogP contribution in [0.4, 0.5) is 0 Å². The molecule has 3 rings (SSSR count). The molecular formula is C16H12N2O. The van der Waals surface area contributed by atoms with Crippen molar-refractivity contribution in [1.29, 1.82) is 0 Å². The summed E-state index contributed by atoms with van der Waals surface area (Å²) in [6.45, 7) is 3.75. The minimum atomic E-state index is 0.651. The lowest BCUT2D eigenvalue weighted by atomic mass is 9.98. The van der Waals surface area contributed by atoms with Crippen molar-refractivity contribution in [2.24, 2.45) is 0 Å². The van der Waals surface area contributed by atoms with E-state index in [0.717, 1.165) is 34.0 Å². The topological polar surface area (TPSA) is 45.8 Å². The van der Waals surface area contributed by atoms with Crippen molar-refractivity contribution in [3.05, 3.63) is 60.4 Å². The second-order valence-electron chi connectivity index (χ2n) is 4.26. The molecule has 1 aromatic carbocycles. The predicted molar refractivity (Wildman–Crippen MR) is 77.0 cm³/mol. The normalized spacial score (nSPS) is 10.5. The first-order valence-electron chi connectivity index (χ1n) is 5.97. The molecule has 0 bridgehead atoms. The van der Waals surface area contributed by atoms with Crippen molar-refractivity contribution >= 4 is 23.4 Å². The second-order valence-corrected chi connectivity index (χ2v) is 4.26. The lowest BCUT2D eigenvalue weighted by molar-refractivity contribution is 0.112. The van der Waals surface area contributed by atoms with Crippen LogP contribution in [0.5, 0.6) is 0 Å². The Labute approximate surface area is 110 Å². The average Bonchev–Trinajstić information content (AvgIpc) is 2.94. The van der Waals surface area contributed by atoms with Crippen LogP contribution >= 0.6 is 0 Å². The number of pyridine rings is 1. The van der Waals surface area contributed by atoms with Crippen LogP contribution in [0, 0.1) is 0 Å². The molecule has 92 valence electrons. The lowest BCUT2D eigenvalue weighted by Gasteiger charge is -2.06. The van der Waals surface area contributed by atoms with E-state index < -0.39 is 0 Å². The summed E-state index contributed by atoms with van der Waals surface area (Å²) in [4.78, 5) is 18.3. The van der Waals surface area contributed by atoms with Gasteiger partial charge in [-0.05, 0) is 34.9 Å². The average molecular weight is 248 g/mol. The SMILES string of the molecule is C=Cc1cc(-c2ccnc3[nH]ccc23)ccc1C=O. The molecule has 0 saturated heterocycles.